The minimum atomic E-state index is -3.83. The normalized spacial score (nSPS) is 11.8. The van der Waals surface area contributed by atoms with Crippen LogP contribution in [0.15, 0.2) is 0 Å². The second kappa shape index (κ2) is 5.68. The molecule has 1 aromatic rings. The Balaban J connectivity index is 3.03. The van der Waals surface area contributed by atoms with Gasteiger partial charge in [0.15, 0.2) is 24.0 Å². The van der Waals surface area contributed by atoms with Crippen molar-refractivity contribution in [3.05, 3.63) is 28.8 Å². The van der Waals surface area contributed by atoms with E-state index in [1.165, 1.54) is 6.92 Å². The molecule has 1 rings (SSSR count). The second-order valence-corrected chi connectivity index (χ2v) is 3.57. The lowest BCUT2D eigenvalue weighted by atomic mass is 10.2. The summed E-state index contributed by atoms with van der Waals surface area (Å²) in [6.45, 7) is 0.115. The Bertz CT molecular complexity index is 446. The van der Waals surface area contributed by atoms with Crippen LogP contribution in [0.4, 0.5) is 26.3 Å². The van der Waals surface area contributed by atoms with Gasteiger partial charge in [0.1, 0.15) is 0 Å². The van der Waals surface area contributed by atoms with E-state index < -0.39 is 47.3 Å². The molecule has 0 bridgehead atoms. The van der Waals surface area contributed by atoms with Crippen LogP contribution in [0.25, 0.3) is 0 Å². The topological polar surface area (TPSA) is 18.5 Å². The minimum Gasteiger partial charge on any atom is -0.478 e. The number of alkyl halides is 2. The van der Waals surface area contributed by atoms with Crippen molar-refractivity contribution in [1.29, 1.82) is 0 Å². The first kappa shape index (κ1) is 15.6. The Kier molecular flexibility index (Phi) is 4.67. The molecule has 19 heavy (non-hydrogen) atoms. The van der Waals surface area contributed by atoms with Crippen LogP contribution in [0.1, 0.15) is 12.5 Å². The van der Waals surface area contributed by atoms with Crippen molar-refractivity contribution in [2.24, 2.45) is 0 Å². The maximum atomic E-state index is 13.3. The van der Waals surface area contributed by atoms with Gasteiger partial charge < -0.3 is 9.47 Å². The number of hydrogen-bond donors (Lipinski definition) is 0. The highest BCUT2D eigenvalue weighted by Crippen LogP contribution is 2.30. The van der Waals surface area contributed by atoms with Gasteiger partial charge in [0.25, 0.3) is 0 Å². The third-order valence-electron chi connectivity index (χ3n) is 2.18. The van der Waals surface area contributed by atoms with Gasteiger partial charge in [-0.25, -0.2) is 8.78 Å². The average molecular weight is 288 g/mol. The summed E-state index contributed by atoms with van der Waals surface area (Å²) in [5.41, 5.74) is -0.904. The Labute approximate surface area is 104 Å². The summed E-state index contributed by atoms with van der Waals surface area (Å²) >= 11 is 0. The summed E-state index contributed by atoms with van der Waals surface area (Å²) in [5, 5.41) is 0. The zero-order chi connectivity index (χ0) is 14.8. The van der Waals surface area contributed by atoms with Crippen LogP contribution in [0.3, 0.4) is 0 Å². The molecule has 0 aliphatic heterocycles. The monoisotopic (exact) mass is 288 g/mol. The highest BCUT2D eigenvalue weighted by atomic mass is 19.3. The van der Waals surface area contributed by atoms with Crippen molar-refractivity contribution < 1.29 is 35.8 Å². The summed E-state index contributed by atoms with van der Waals surface area (Å²) in [6.07, 6.45) is -3.83. The molecule has 8 heteroatoms. The van der Waals surface area contributed by atoms with Crippen molar-refractivity contribution in [3.8, 4) is 5.75 Å². The molecule has 0 aromatic heterocycles. The van der Waals surface area contributed by atoms with E-state index in [0.717, 1.165) is 6.92 Å². The van der Waals surface area contributed by atoms with Gasteiger partial charge in [-0.2, -0.15) is 17.6 Å². The standard InChI is InChI=1S/C11H10F6O2/c1-3-19-11(16,17)4-18-10-8(14)6(12)5(2)7(13)9(10)15/h3-4H2,1-2H3. The first-order valence-electron chi connectivity index (χ1n) is 5.18. The molecule has 0 radical (unpaired) electrons. The van der Waals surface area contributed by atoms with Crippen molar-refractivity contribution in [3.63, 3.8) is 0 Å². The minimum absolute atomic E-state index is 0.377. The van der Waals surface area contributed by atoms with Crippen LogP contribution in [-0.4, -0.2) is 19.3 Å². The van der Waals surface area contributed by atoms with Crippen molar-refractivity contribution in [1.82, 2.24) is 0 Å². The van der Waals surface area contributed by atoms with Crippen LogP contribution in [0.5, 0.6) is 5.75 Å². The molecular formula is C11H10F6O2. The lowest BCUT2D eigenvalue weighted by molar-refractivity contribution is -0.250. The van der Waals surface area contributed by atoms with Gasteiger partial charge in [-0.3, -0.25) is 0 Å². The molecule has 0 amide bonds. The first-order chi connectivity index (χ1) is 8.71. The van der Waals surface area contributed by atoms with Gasteiger partial charge in [-0.05, 0) is 13.8 Å². The van der Waals surface area contributed by atoms with E-state index in [9.17, 15) is 26.3 Å². The Morgan fingerprint density at radius 3 is 1.84 bits per heavy atom. The summed E-state index contributed by atoms with van der Waals surface area (Å²) < 4.78 is 86.6. The Morgan fingerprint density at radius 2 is 1.42 bits per heavy atom. The summed E-state index contributed by atoms with van der Waals surface area (Å²) in [6, 6.07) is 0. The molecule has 2 nitrogen and oxygen atoms in total. The quantitative estimate of drug-likeness (QED) is 0.609. The summed E-state index contributed by atoms with van der Waals surface area (Å²) in [4.78, 5) is 0. The molecule has 0 N–H and O–H groups in total. The van der Waals surface area contributed by atoms with Gasteiger partial charge in [-0.15, -0.1) is 0 Å². The molecule has 0 spiro atoms. The second-order valence-electron chi connectivity index (χ2n) is 3.57. The first-order valence-corrected chi connectivity index (χ1v) is 5.18. The molecule has 0 saturated carbocycles. The van der Waals surface area contributed by atoms with Crippen molar-refractivity contribution >= 4 is 0 Å². The maximum absolute atomic E-state index is 13.3. The van der Waals surface area contributed by atoms with E-state index in [-0.39, 0.29) is 6.61 Å². The Morgan fingerprint density at radius 1 is 0.947 bits per heavy atom. The van der Waals surface area contributed by atoms with E-state index >= 15 is 0 Å². The fourth-order valence-electron chi connectivity index (χ4n) is 1.26. The summed E-state index contributed by atoms with van der Waals surface area (Å²) in [5.74, 6) is -8.69. The zero-order valence-corrected chi connectivity index (χ0v) is 10.00. The van der Waals surface area contributed by atoms with Gasteiger partial charge in [0.2, 0.25) is 11.6 Å². The molecule has 0 atom stereocenters. The predicted octanol–water partition coefficient (Wildman–Crippen LogP) is 3.56. The number of ether oxygens (including phenoxy) is 2. The predicted molar refractivity (Wildman–Crippen MR) is 53.1 cm³/mol. The highest BCUT2D eigenvalue weighted by molar-refractivity contribution is 5.33. The van der Waals surface area contributed by atoms with Crippen LogP contribution in [-0.2, 0) is 4.74 Å². The van der Waals surface area contributed by atoms with E-state index in [1.54, 1.807) is 0 Å². The molecule has 0 fully saturated rings. The van der Waals surface area contributed by atoms with Crippen molar-refractivity contribution in [2.75, 3.05) is 13.2 Å². The molecular weight excluding hydrogens is 278 g/mol. The molecule has 0 heterocycles. The highest BCUT2D eigenvalue weighted by Gasteiger charge is 2.33. The SMILES string of the molecule is CCOC(F)(F)COc1c(F)c(F)c(C)c(F)c1F. The van der Waals surface area contributed by atoms with Gasteiger partial charge >= 0.3 is 6.11 Å². The third kappa shape index (κ3) is 3.31. The molecule has 0 aliphatic rings. The fourth-order valence-corrected chi connectivity index (χ4v) is 1.26. The zero-order valence-electron chi connectivity index (χ0n) is 10.00. The van der Waals surface area contributed by atoms with Crippen LogP contribution >= 0.6 is 0 Å². The number of rotatable bonds is 5. The average Bonchev–Trinajstić information content (AvgIpc) is 2.34. The van der Waals surface area contributed by atoms with Crippen LogP contribution in [0.2, 0.25) is 0 Å². The number of hydrogen-bond acceptors (Lipinski definition) is 2. The molecule has 0 aliphatic carbocycles. The van der Waals surface area contributed by atoms with E-state index in [0.29, 0.717) is 0 Å². The van der Waals surface area contributed by atoms with Crippen molar-refractivity contribution in [2.45, 2.75) is 20.0 Å². The largest absolute Gasteiger partial charge is 0.478 e. The lowest BCUT2D eigenvalue weighted by Gasteiger charge is -2.17. The van der Waals surface area contributed by atoms with Gasteiger partial charge in [0, 0.05) is 5.56 Å². The van der Waals surface area contributed by atoms with E-state index in [2.05, 4.69) is 9.47 Å². The van der Waals surface area contributed by atoms with Gasteiger partial charge in [0.05, 0.1) is 6.61 Å². The van der Waals surface area contributed by atoms with Gasteiger partial charge in [-0.1, -0.05) is 0 Å². The number of halogens is 6. The lowest BCUT2D eigenvalue weighted by Crippen LogP contribution is -2.29. The molecule has 1 aromatic carbocycles. The molecule has 0 saturated heterocycles. The third-order valence-corrected chi connectivity index (χ3v) is 2.18. The Hall–Kier alpha value is -1.44. The summed E-state index contributed by atoms with van der Waals surface area (Å²) in [7, 11) is 0. The smallest absolute Gasteiger partial charge is 0.389 e. The maximum Gasteiger partial charge on any atom is 0.389 e. The van der Waals surface area contributed by atoms with E-state index in [1.807, 2.05) is 0 Å². The molecule has 0 unspecified atom stereocenters. The van der Waals surface area contributed by atoms with Crippen LogP contribution < -0.4 is 4.74 Å². The molecule has 108 valence electrons. The van der Waals surface area contributed by atoms with Crippen LogP contribution in [0, 0.1) is 30.2 Å². The number of benzene rings is 1. The van der Waals surface area contributed by atoms with E-state index in [4.69, 9.17) is 0 Å². The fraction of sp³-hybridized carbons (Fsp3) is 0.455.